The van der Waals surface area contributed by atoms with Gasteiger partial charge in [-0.15, -0.1) is 0 Å². The van der Waals surface area contributed by atoms with Gasteiger partial charge in [0.1, 0.15) is 0 Å². The zero-order valence-corrected chi connectivity index (χ0v) is 17.2. The van der Waals surface area contributed by atoms with Gasteiger partial charge in [0.05, 0.1) is 26.2 Å². The Balaban J connectivity index is 0. The van der Waals surface area contributed by atoms with Crippen molar-refractivity contribution in [1.82, 2.24) is 0 Å². The minimum absolute atomic E-state index is 0.500. The second-order valence-corrected chi connectivity index (χ2v) is 7.16. The lowest BCUT2D eigenvalue weighted by Crippen LogP contribution is -2.50. The Kier molecular flexibility index (Phi) is 21.9. The molecule has 0 spiro atoms. The van der Waals surface area contributed by atoms with Crippen LogP contribution in [0.15, 0.2) is 0 Å². The van der Waals surface area contributed by atoms with Crippen molar-refractivity contribution < 1.29 is 14.4 Å². The first-order chi connectivity index (χ1) is 11.7. The predicted octanol–water partition coefficient (Wildman–Crippen LogP) is 4.93. The van der Waals surface area contributed by atoms with Crippen LogP contribution in [0.25, 0.3) is 0 Å². The molecule has 0 aromatic heterocycles. The number of carbonyl (C=O) groups excluding carboxylic acids is 1. The van der Waals surface area contributed by atoms with Crippen LogP contribution < -0.4 is 5.11 Å². The first kappa shape index (κ1) is 25.7. The molecular formula is C21H45NO2. The Morgan fingerprint density at radius 1 is 0.583 bits per heavy atom. The minimum Gasteiger partial charge on any atom is -0.554 e. The van der Waals surface area contributed by atoms with Gasteiger partial charge >= 0.3 is 0 Å². The van der Waals surface area contributed by atoms with Crippen molar-refractivity contribution in [2.45, 2.75) is 105 Å². The van der Waals surface area contributed by atoms with E-state index in [4.69, 9.17) is 9.90 Å². The van der Waals surface area contributed by atoms with Gasteiger partial charge in [-0.05, 0) is 51.4 Å². The molecule has 0 unspecified atom stereocenters. The molecule has 3 heteroatoms. The SMILES string of the molecule is CCCCC[N+](CCCCC)(CCCCC)CCCCC.O=C[O-]. The van der Waals surface area contributed by atoms with E-state index in [-0.39, 0.29) is 0 Å². The molecule has 0 aliphatic carbocycles. The van der Waals surface area contributed by atoms with Crippen molar-refractivity contribution in [2.75, 3.05) is 26.2 Å². The number of unbranched alkanes of at least 4 members (excludes halogenated alkanes) is 8. The maximum Gasteiger partial charge on any atom is 0.0786 e. The molecule has 0 aromatic carbocycles. The second kappa shape index (κ2) is 20.5. The molecule has 0 fully saturated rings. The average molecular weight is 344 g/mol. The number of hydrogen-bond donors (Lipinski definition) is 0. The van der Waals surface area contributed by atoms with E-state index in [1.165, 1.54) is 108 Å². The molecule has 0 saturated carbocycles. The highest BCUT2D eigenvalue weighted by Gasteiger charge is 2.25. The van der Waals surface area contributed by atoms with Crippen molar-refractivity contribution in [3.63, 3.8) is 0 Å². The molecule has 146 valence electrons. The van der Waals surface area contributed by atoms with Gasteiger partial charge in [-0.25, -0.2) is 0 Å². The van der Waals surface area contributed by atoms with Crippen LogP contribution in [0.2, 0.25) is 0 Å². The topological polar surface area (TPSA) is 40.1 Å². The number of quaternary nitrogens is 1. The number of nitrogens with zero attached hydrogens (tertiary/aromatic N) is 1. The molecule has 0 saturated heterocycles. The fourth-order valence-electron chi connectivity index (χ4n) is 3.46. The third-order valence-corrected chi connectivity index (χ3v) is 4.94. The first-order valence-corrected chi connectivity index (χ1v) is 10.6. The molecule has 0 aliphatic rings. The lowest BCUT2D eigenvalue weighted by atomic mass is 10.1. The van der Waals surface area contributed by atoms with Crippen LogP contribution >= 0.6 is 0 Å². The van der Waals surface area contributed by atoms with E-state index in [1.54, 1.807) is 0 Å². The summed E-state index contributed by atoms with van der Waals surface area (Å²) in [4.78, 5) is 8.25. The smallest absolute Gasteiger partial charge is 0.0786 e. The van der Waals surface area contributed by atoms with E-state index < -0.39 is 6.47 Å². The Hall–Kier alpha value is -0.570. The molecule has 0 amide bonds. The zero-order chi connectivity index (χ0) is 18.5. The highest BCUT2D eigenvalue weighted by molar-refractivity contribution is 5.29. The summed E-state index contributed by atoms with van der Waals surface area (Å²) >= 11 is 0. The molecule has 0 N–H and O–H groups in total. The van der Waals surface area contributed by atoms with Crippen molar-refractivity contribution >= 4 is 6.47 Å². The van der Waals surface area contributed by atoms with Crippen molar-refractivity contribution in [2.24, 2.45) is 0 Å². The molecule has 0 heterocycles. The van der Waals surface area contributed by atoms with E-state index >= 15 is 0 Å². The van der Waals surface area contributed by atoms with E-state index in [2.05, 4.69) is 27.7 Å². The first-order valence-electron chi connectivity index (χ1n) is 10.6. The monoisotopic (exact) mass is 343 g/mol. The number of carbonyl (C=O) groups is 1. The molecule has 3 nitrogen and oxygen atoms in total. The molecule has 24 heavy (non-hydrogen) atoms. The van der Waals surface area contributed by atoms with Crippen LogP contribution in [0.4, 0.5) is 0 Å². The maximum absolute atomic E-state index is 8.25. The molecule has 0 radical (unpaired) electrons. The average Bonchev–Trinajstić information content (AvgIpc) is 2.56. The van der Waals surface area contributed by atoms with Crippen LogP contribution in [0.3, 0.4) is 0 Å². The minimum atomic E-state index is -0.500. The number of rotatable bonds is 16. The van der Waals surface area contributed by atoms with Crippen LogP contribution in [-0.4, -0.2) is 37.1 Å². The van der Waals surface area contributed by atoms with E-state index in [0.29, 0.717) is 0 Å². The highest BCUT2D eigenvalue weighted by atomic mass is 16.3. The lowest BCUT2D eigenvalue weighted by molar-refractivity contribution is -0.929. The quantitative estimate of drug-likeness (QED) is 0.226. The van der Waals surface area contributed by atoms with E-state index in [1.807, 2.05) is 0 Å². The zero-order valence-electron chi connectivity index (χ0n) is 17.2. The van der Waals surface area contributed by atoms with Crippen LogP contribution in [-0.2, 0) is 4.79 Å². The third kappa shape index (κ3) is 16.3. The predicted molar refractivity (Wildman–Crippen MR) is 104 cm³/mol. The van der Waals surface area contributed by atoms with Gasteiger partial charge in [0.15, 0.2) is 0 Å². The van der Waals surface area contributed by atoms with E-state index in [9.17, 15) is 0 Å². The fourth-order valence-corrected chi connectivity index (χ4v) is 3.46. The van der Waals surface area contributed by atoms with Crippen molar-refractivity contribution in [3.05, 3.63) is 0 Å². The molecule has 0 bridgehead atoms. The summed E-state index contributed by atoms with van der Waals surface area (Å²) in [5.41, 5.74) is 0. The number of hydrogen-bond acceptors (Lipinski definition) is 2. The Bertz CT molecular complexity index is 198. The Morgan fingerprint density at radius 2 is 0.792 bits per heavy atom. The molecular weight excluding hydrogens is 298 g/mol. The highest BCUT2D eigenvalue weighted by Crippen LogP contribution is 2.18. The summed E-state index contributed by atoms with van der Waals surface area (Å²) in [5.74, 6) is 0. The van der Waals surface area contributed by atoms with Crippen LogP contribution in [0, 0.1) is 0 Å². The van der Waals surface area contributed by atoms with Gasteiger partial charge in [0, 0.05) is 6.47 Å². The molecule has 0 aliphatic heterocycles. The van der Waals surface area contributed by atoms with Crippen LogP contribution in [0.5, 0.6) is 0 Å². The van der Waals surface area contributed by atoms with Gasteiger partial charge in [0.2, 0.25) is 0 Å². The van der Waals surface area contributed by atoms with E-state index in [0.717, 1.165) is 0 Å². The van der Waals surface area contributed by atoms with Gasteiger partial charge < -0.3 is 14.4 Å². The molecule has 0 atom stereocenters. The van der Waals surface area contributed by atoms with Gasteiger partial charge in [-0.1, -0.05) is 53.4 Å². The Morgan fingerprint density at radius 3 is 0.958 bits per heavy atom. The summed E-state index contributed by atoms with van der Waals surface area (Å²) < 4.78 is 1.44. The second-order valence-electron chi connectivity index (χ2n) is 7.16. The summed E-state index contributed by atoms with van der Waals surface area (Å²) in [7, 11) is 0. The van der Waals surface area contributed by atoms with Crippen molar-refractivity contribution in [1.29, 1.82) is 0 Å². The third-order valence-electron chi connectivity index (χ3n) is 4.94. The summed E-state index contributed by atoms with van der Waals surface area (Å²) in [6, 6.07) is 0. The number of carboxylic acid groups (broad SMARTS) is 1. The largest absolute Gasteiger partial charge is 0.554 e. The summed E-state index contributed by atoms with van der Waals surface area (Å²) in [6.07, 6.45) is 16.9. The fraction of sp³-hybridized carbons (Fsp3) is 0.952. The molecule has 0 aromatic rings. The normalized spacial score (nSPS) is 11.0. The Labute approximate surface area is 152 Å². The standard InChI is InChI=1S/C20H44N.CH2O2/c1-5-9-13-17-21(18-14-10-6-2,19-15-11-7-3)20-16-12-8-4;2-1-3/h5-20H2,1-4H3;1H,(H,2,3)/q+1;/p-1. The lowest BCUT2D eigenvalue weighted by Gasteiger charge is -2.39. The van der Waals surface area contributed by atoms with Gasteiger partial charge in [0.25, 0.3) is 0 Å². The van der Waals surface area contributed by atoms with Gasteiger partial charge in [-0.2, -0.15) is 0 Å². The van der Waals surface area contributed by atoms with Crippen molar-refractivity contribution in [3.8, 4) is 0 Å². The van der Waals surface area contributed by atoms with Crippen LogP contribution in [0.1, 0.15) is 105 Å². The maximum atomic E-state index is 8.25. The molecule has 0 rings (SSSR count). The summed E-state index contributed by atoms with van der Waals surface area (Å²) in [6.45, 7) is 14.6. The van der Waals surface area contributed by atoms with Gasteiger partial charge in [-0.3, -0.25) is 0 Å². The summed E-state index contributed by atoms with van der Waals surface area (Å²) in [5, 5.41) is 8.25.